The minimum atomic E-state index is -2.59. The zero-order valence-electron chi connectivity index (χ0n) is 17.3. The molecule has 0 radical (unpaired) electrons. The van der Waals surface area contributed by atoms with Gasteiger partial charge >= 0.3 is 0 Å². The molecule has 160 valence electrons. The lowest BCUT2D eigenvalue weighted by atomic mass is 10.0. The Balaban J connectivity index is 1.34. The third-order valence-electron chi connectivity index (χ3n) is 6.13. The second-order valence-electron chi connectivity index (χ2n) is 8.50. The first-order valence-electron chi connectivity index (χ1n) is 10.6. The molecule has 0 spiro atoms. The Labute approximate surface area is 183 Å². The van der Waals surface area contributed by atoms with Gasteiger partial charge in [-0.1, -0.05) is 24.3 Å². The number of benzene rings is 2. The normalized spacial score (nSPS) is 16.3. The highest BCUT2D eigenvalue weighted by Crippen LogP contribution is 2.32. The van der Waals surface area contributed by atoms with Crippen molar-refractivity contribution in [2.24, 2.45) is 0 Å². The number of likely N-dealkylation sites (tertiary alicyclic amines) is 1. The fourth-order valence-corrected chi connectivity index (χ4v) is 4.53. The second kappa shape index (κ2) is 7.24. The predicted octanol–water partition coefficient (Wildman–Crippen LogP) is 5.61. The summed E-state index contributed by atoms with van der Waals surface area (Å²) in [5, 5.41) is 9.81. The molecule has 1 saturated heterocycles. The maximum absolute atomic E-state index is 13.5. The van der Waals surface area contributed by atoms with E-state index in [0.29, 0.717) is 13.1 Å². The summed E-state index contributed by atoms with van der Waals surface area (Å²) in [6.45, 7) is 0.697. The van der Waals surface area contributed by atoms with E-state index in [1.165, 1.54) is 0 Å². The average molecular weight is 429 g/mol. The van der Waals surface area contributed by atoms with E-state index in [9.17, 15) is 8.78 Å². The van der Waals surface area contributed by atoms with Gasteiger partial charge in [0.25, 0.3) is 5.92 Å². The summed E-state index contributed by atoms with van der Waals surface area (Å²) in [6, 6.07) is 18.4. The molecule has 7 heteroatoms. The number of fused-ring (bicyclic) bond motifs is 2. The zero-order chi connectivity index (χ0) is 21.7. The largest absolute Gasteiger partial charge is 0.353 e. The number of hydrogen-bond donors (Lipinski definition) is 2. The second-order valence-corrected chi connectivity index (χ2v) is 8.50. The smallest absolute Gasteiger partial charge is 0.261 e. The van der Waals surface area contributed by atoms with Crippen LogP contribution < -0.4 is 0 Å². The molecular weight excluding hydrogens is 408 g/mol. The molecule has 2 aromatic carbocycles. The van der Waals surface area contributed by atoms with Crippen LogP contribution in [-0.2, 0) is 6.54 Å². The summed E-state index contributed by atoms with van der Waals surface area (Å²) in [4.78, 5) is 9.60. The number of aromatic amines is 2. The van der Waals surface area contributed by atoms with Gasteiger partial charge in [-0.15, -0.1) is 0 Å². The van der Waals surface area contributed by atoms with Crippen molar-refractivity contribution >= 4 is 21.8 Å². The van der Waals surface area contributed by atoms with E-state index in [2.05, 4.69) is 38.4 Å². The van der Waals surface area contributed by atoms with Crippen molar-refractivity contribution in [2.45, 2.75) is 18.9 Å². The molecule has 1 fully saturated rings. The number of halogens is 2. The molecule has 0 bridgehead atoms. The molecule has 0 atom stereocenters. The number of aromatic nitrogens is 4. The van der Waals surface area contributed by atoms with Crippen LogP contribution >= 0.6 is 0 Å². The number of alkyl halides is 2. The molecule has 1 aliphatic rings. The van der Waals surface area contributed by atoms with Crippen molar-refractivity contribution in [3.05, 3.63) is 72.6 Å². The molecule has 5 aromatic rings. The van der Waals surface area contributed by atoms with E-state index in [0.717, 1.165) is 49.9 Å². The minimum absolute atomic E-state index is 0.0756. The van der Waals surface area contributed by atoms with Crippen LogP contribution in [0.4, 0.5) is 8.78 Å². The molecule has 0 amide bonds. The van der Waals surface area contributed by atoms with Gasteiger partial charge in [0.1, 0.15) is 5.69 Å². The minimum Gasteiger partial charge on any atom is -0.353 e. The molecular formula is C25H21F2N5. The lowest BCUT2D eigenvalue weighted by Gasteiger charge is -2.15. The van der Waals surface area contributed by atoms with E-state index in [4.69, 9.17) is 0 Å². The number of pyridine rings is 1. The highest BCUT2D eigenvalue weighted by Gasteiger charge is 2.37. The third-order valence-corrected chi connectivity index (χ3v) is 6.13. The van der Waals surface area contributed by atoms with Crippen molar-refractivity contribution in [1.82, 2.24) is 25.1 Å². The fraction of sp³-hybridized carbons (Fsp3) is 0.200. The lowest BCUT2D eigenvalue weighted by molar-refractivity contribution is 0.0115. The van der Waals surface area contributed by atoms with Crippen molar-refractivity contribution in [3.8, 4) is 22.5 Å². The maximum Gasteiger partial charge on any atom is 0.261 e. The van der Waals surface area contributed by atoms with Crippen molar-refractivity contribution in [1.29, 1.82) is 0 Å². The third kappa shape index (κ3) is 3.44. The number of rotatable bonds is 4. The van der Waals surface area contributed by atoms with Crippen LogP contribution in [0.25, 0.3) is 44.3 Å². The summed E-state index contributed by atoms with van der Waals surface area (Å²) >= 11 is 0. The van der Waals surface area contributed by atoms with Crippen LogP contribution in [0, 0.1) is 0 Å². The molecule has 0 saturated carbocycles. The van der Waals surface area contributed by atoms with Crippen LogP contribution in [0.15, 0.2) is 67.0 Å². The van der Waals surface area contributed by atoms with Gasteiger partial charge < -0.3 is 4.98 Å². The molecule has 32 heavy (non-hydrogen) atoms. The van der Waals surface area contributed by atoms with Crippen molar-refractivity contribution in [3.63, 3.8) is 0 Å². The summed E-state index contributed by atoms with van der Waals surface area (Å²) in [5.74, 6) is -2.59. The van der Waals surface area contributed by atoms with Crippen LogP contribution in [0.3, 0.4) is 0 Å². The SMILES string of the molecule is FC1(F)CCN(Cc2cncc(-c3ccc4[nH]nc(-c5cc6ccccc6[nH]5)c4c3)c2)C1. The van der Waals surface area contributed by atoms with Crippen LogP contribution in [-0.4, -0.2) is 44.1 Å². The first-order valence-corrected chi connectivity index (χ1v) is 10.6. The number of H-pyrrole nitrogens is 2. The monoisotopic (exact) mass is 429 g/mol. The molecule has 4 heterocycles. The lowest BCUT2D eigenvalue weighted by Crippen LogP contribution is -2.24. The zero-order valence-corrected chi connectivity index (χ0v) is 17.3. The molecule has 6 rings (SSSR count). The summed E-state index contributed by atoms with van der Waals surface area (Å²) in [7, 11) is 0. The van der Waals surface area contributed by atoms with Gasteiger partial charge in [0, 0.05) is 53.8 Å². The van der Waals surface area contributed by atoms with Gasteiger partial charge in [-0.3, -0.25) is 15.0 Å². The summed E-state index contributed by atoms with van der Waals surface area (Å²) in [5.41, 5.74) is 6.74. The predicted molar refractivity (Wildman–Crippen MR) is 121 cm³/mol. The summed E-state index contributed by atoms with van der Waals surface area (Å²) < 4.78 is 27.1. The summed E-state index contributed by atoms with van der Waals surface area (Å²) in [6.07, 6.45) is 3.49. The van der Waals surface area contributed by atoms with E-state index in [1.807, 2.05) is 42.6 Å². The van der Waals surface area contributed by atoms with Crippen LogP contribution in [0.2, 0.25) is 0 Å². The average Bonchev–Trinajstić information content (AvgIpc) is 3.49. The standard InChI is InChI=1S/C25H21F2N5/c26-25(27)7-8-32(15-25)14-16-9-19(13-28-12-16)17-5-6-22-20(10-17)24(31-30-22)23-11-18-3-1-2-4-21(18)29-23/h1-6,9-13,29H,7-8,14-15H2,(H,30,31). The Kier molecular flexibility index (Phi) is 4.33. The first kappa shape index (κ1) is 19.1. The Morgan fingerprint density at radius 2 is 1.88 bits per heavy atom. The number of nitrogens with one attached hydrogen (secondary N) is 2. The molecule has 3 aromatic heterocycles. The Bertz CT molecular complexity index is 1400. The van der Waals surface area contributed by atoms with E-state index < -0.39 is 5.92 Å². The van der Waals surface area contributed by atoms with Crippen LogP contribution in [0.5, 0.6) is 0 Å². The van der Waals surface area contributed by atoms with E-state index in [-0.39, 0.29) is 13.0 Å². The van der Waals surface area contributed by atoms with E-state index in [1.54, 1.807) is 11.1 Å². The molecule has 0 aliphatic carbocycles. The van der Waals surface area contributed by atoms with Crippen LogP contribution in [0.1, 0.15) is 12.0 Å². The first-order chi connectivity index (χ1) is 15.5. The van der Waals surface area contributed by atoms with Crippen molar-refractivity contribution < 1.29 is 8.78 Å². The van der Waals surface area contributed by atoms with Gasteiger partial charge in [-0.2, -0.15) is 5.10 Å². The fourth-order valence-electron chi connectivity index (χ4n) is 4.53. The molecule has 0 unspecified atom stereocenters. The highest BCUT2D eigenvalue weighted by molar-refractivity contribution is 5.97. The van der Waals surface area contributed by atoms with Gasteiger partial charge in [-0.05, 0) is 41.5 Å². The maximum atomic E-state index is 13.5. The van der Waals surface area contributed by atoms with Gasteiger partial charge in [-0.25, -0.2) is 8.78 Å². The van der Waals surface area contributed by atoms with Gasteiger partial charge in [0.05, 0.1) is 17.8 Å². The number of nitrogens with zero attached hydrogens (tertiary/aromatic N) is 3. The van der Waals surface area contributed by atoms with Gasteiger partial charge in [0.15, 0.2) is 0 Å². The number of hydrogen-bond acceptors (Lipinski definition) is 3. The van der Waals surface area contributed by atoms with Gasteiger partial charge in [0.2, 0.25) is 0 Å². The topological polar surface area (TPSA) is 60.6 Å². The molecule has 1 aliphatic heterocycles. The quantitative estimate of drug-likeness (QED) is 0.390. The Morgan fingerprint density at radius 3 is 2.72 bits per heavy atom. The number of para-hydroxylation sites is 1. The van der Waals surface area contributed by atoms with Crippen molar-refractivity contribution in [2.75, 3.05) is 13.1 Å². The van der Waals surface area contributed by atoms with E-state index >= 15 is 0 Å². The Hall–Kier alpha value is -3.58. The highest BCUT2D eigenvalue weighted by atomic mass is 19.3. The Morgan fingerprint density at radius 1 is 0.969 bits per heavy atom. The molecule has 5 nitrogen and oxygen atoms in total. The molecule has 2 N–H and O–H groups in total.